The molecule has 4 rings (SSSR count). The molecule has 3 atom stereocenters. The quantitative estimate of drug-likeness (QED) is 0.906. The van der Waals surface area contributed by atoms with E-state index in [9.17, 15) is 19.1 Å². The van der Waals surface area contributed by atoms with Crippen LogP contribution in [0, 0.1) is 5.82 Å². The summed E-state index contributed by atoms with van der Waals surface area (Å²) in [4.78, 5) is 28.7. The van der Waals surface area contributed by atoms with Gasteiger partial charge in [-0.05, 0) is 23.8 Å². The molecule has 2 heterocycles. The van der Waals surface area contributed by atoms with Gasteiger partial charge in [0, 0.05) is 24.6 Å². The van der Waals surface area contributed by atoms with E-state index in [-0.39, 0.29) is 42.6 Å². The van der Waals surface area contributed by atoms with Gasteiger partial charge in [0.25, 0.3) is 5.91 Å². The van der Waals surface area contributed by atoms with Crippen molar-refractivity contribution in [1.82, 2.24) is 4.90 Å². The van der Waals surface area contributed by atoms with Crippen molar-refractivity contribution in [3.05, 3.63) is 65.5 Å². The van der Waals surface area contributed by atoms with Crippen LogP contribution in [0.5, 0.6) is 0 Å². The van der Waals surface area contributed by atoms with Crippen molar-refractivity contribution < 1.29 is 19.1 Å². The highest BCUT2D eigenvalue weighted by Crippen LogP contribution is 2.48. The van der Waals surface area contributed by atoms with Gasteiger partial charge < -0.3 is 14.9 Å². The molecule has 0 unspecified atom stereocenters. The lowest BCUT2D eigenvalue weighted by molar-refractivity contribution is -0.149. The molecule has 140 valence electrons. The van der Waals surface area contributed by atoms with E-state index in [0.29, 0.717) is 12.1 Å². The smallest absolute Gasteiger partial charge is 0.261 e. The number of para-hydroxylation sites is 1. The number of aliphatic hydroxyl groups is 1. The molecule has 0 bridgehead atoms. The van der Waals surface area contributed by atoms with Crippen molar-refractivity contribution in [2.45, 2.75) is 31.3 Å². The normalized spacial score (nSPS) is 23.3. The zero-order valence-electron chi connectivity index (χ0n) is 15.0. The average Bonchev–Trinajstić information content (AvgIpc) is 2.68. The minimum Gasteiger partial charge on any atom is -0.394 e. The second-order valence-corrected chi connectivity index (χ2v) is 6.95. The molecule has 0 spiro atoms. The highest BCUT2D eigenvalue weighted by atomic mass is 19.1. The number of fused-ring (bicyclic) bond motifs is 3. The molecule has 5 nitrogen and oxygen atoms in total. The van der Waals surface area contributed by atoms with Crippen LogP contribution in [0.25, 0.3) is 0 Å². The van der Waals surface area contributed by atoms with Gasteiger partial charge in [-0.1, -0.05) is 37.3 Å². The fourth-order valence-corrected chi connectivity index (χ4v) is 4.39. The molecule has 1 fully saturated rings. The number of hydrogen-bond acceptors (Lipinski definition) is 3. The Labute approximate surface area is 157 Å². The third-order valence-corrected chi connectivity index (χ3v) is 5.63. The highest BCUT2D eigenvalue weighted by Gasteiger charge is 2.54. The minimum atomic E-state index is -0.564. The van der Waals surface area contributed by atoms with Crippen LogP contribution in [0.15, 0.2) is 48.5 Å². The Morgan fingerprint density at radius 1 is 1.15 bits per heavy atom. The van der Waals surface area contributed by atoms with Gasteiger partial charge in [-0.2, -0.15) is 0 Å². The molecule has 2 amide bonds. The lowest BCUT2D eigenvalue weighted by Crippen LogP contribution is -2.70. The standard InChI is InChI=1S/C21H21FN2O3/c1-2-19(26)24-17-11-23(21(27)13-7-3-5-9-15(13)22)16-10-6-4-8-14(16)20(17)18(24)12-25/h3-10,17-18,20,25H,2,11-12H2,1H3/t17-,18-,20+/m0/s1. The van der Waals surface area contributed by atoms with E-state index in [1.165, 1.54) is 12.1 Å². The summed E-state index contributed by atoms with van der Waals surface area (Å²) < 4.78 is 14.2. The van der Waals surface area contributed by atoms with Gasteiger partial charge in [-0.25, -0.2) is 4.39 Å². The highest BCUT2D eigenvalue weighted by molar-refractivity contribution is 6.07. The van der Waals surface area contributed by atoms with Crippen LogP contribution in [0.2, 0.25) is 0 Å². The van der Waals surface area contributed by atoms with Crippen LogP contribution in [-0.2, 0) is 4.79 Å². The van der Waals surface area contributed by atoms with Crippen LogP contribution < -0.4 is 4.90 Å². The lowest BCUT2D eigenvalue weighted by atomic mass is 9.71. The first-order valence-electron chi connectivity index (χ1n) is 9.15. The van der Waals surface area contributed by atoms with E-state index in [1.807, 2.05) is 24.3 Å². The fraction of sp³-hybridized carbons (Fsp3) is 0.333. The molecular formula is C21H21FN2O3. The summed E-state index contributed by atoms with van der Waals surface area (Å²) in [5, 5.41) is 9.83. The third kappa shape index (κ3) is 2.63. The van der Waals surface area contributed by atoms with Gasteiger partial charge in [-0.15, -0.1) is 0 Å². The SMILES string of the molecule is CCC(=O)N1[C@@H](CO)[C@@H]2c3ccccc3N(C(=O)c3ccccc3F)C[C@@H]21. The number of aliphatic hydroxyl groups excluding tert-OH is 1. The van der Waals surface area contributed by atoms with Crippen LogP contribution in [0.4, 0.5) is 10.1 Å². The largest absolute Gasteiger partial charge is 0.394 e. The molecule has 2 aliphatic heterocycles. The van der Waals surface area contributed by atoms with E-state index >= 15 is 0 Å². The first-order valence-corrected chi connectivity index (χ1v) is 9.15. The van der Waals surface area contributed by atoms with Gasteiger partial charge in [-0.3, -0.25) is 9.59 Å². The molecule has 1 N–H and O–H groups in total. The van der Waals surface area contributed by atoms with E-state index in [1.54, 1.807) is 28.9 Å². The van der Waals surface area contributed by atoms with Gasteiger partial charge in [0.15, 0.2) is 0 Å². The van der Waals surface area contributed by atoms with Crippen LogP contribution in [0.1, 0.15) is 35.2 Å². The Kier molecular flexibility index (Phi) is 4.44. The average molecular weight is 368 g/mol. The monoisotopic (exact) mass is 368 g/mol. The van der Waals surface area contributed by atoms with Crippen LogP contribution in [0.3, 0.4) is 0 Å². The van der Waals surface area contributed by atoms with E-state index in [0.717, 1.165) is 5.56 Å². The van der Waals surface area contributed by atoms with Crippen molar-refractivity contribution in [3.63, 3.8) is 0 Å². The van der Waals surface area contributed by atoms with Gasteiger partial charge >= 0.3 is 0 Å². The van der Waals surface area contributed by atoms with Gasteiger partial charge in [0.1, 0.15) is 5.82 Å². The summed E-state index contributed by atoms with van der Waals surface area (Å²) in [6, 6.07) is 12.9. The fourth-order valence-electron chi connectivity index (χ4n) is 4.39. The first kappa shape index (κ1) is 17.7. The molecule has 0 aliphatic carbocycles. The number of carbonyl (C=O) groups is 2. The van der Waals surface area contributed by atoms with Crippen LogP contribution >= 0.6 is 0 Å². The number of carbonyl (C=O) groups excluding carboxylic acids is 2. The molecule has 0 saturated carbocycles. The lowest BCUT2D eigenvalue weighted by Gasteiger charge is -2.59. The summed E-state index contributed by atoms with van der Waals surface area (Å²) in [5.74, 6) is -1.06. The van der Waals surface area contributed by atoms with E-state index in [4.69, 9.17) is 0 Å². The summed E-state index contributed by atoms with van der Waals surface area (Å²) in [6.45, 7) is 1.95. The summed E-state index contributed by atoms with van der Waals surface area (Å²) in [5.41, 5.74) is 1.64. The number of anilines is 1. The first-order chi connectivity index (χ1) is 13.1. The summed E-state index contributed by atoms with van der Waals surface area (Å²) in [7, 11) is 0. The molecule has 6 heteroatoms. The van der Waals surface area contributed by atoms with Crippen molar-refractivity contribution in [2.24, 2.45) is 0 Å². The Bertz CT molecular complexity index is 901. The number of likely N-dealkylation sites (tertiary alicyclic amines) is 1. The Morgan fingerprint density at radius 2 is 1.85 bits per heavy atom. The number of amides is 2. The third-order valence-electron chi connectivity index (χ3n) is 5.63. The predicted octanol–water partition coefficient (Wildman–Crippen LogP) is 2.55. The maximum atomic E-state index is 14.2. The number of hydrogen-bond donors (Lipinski definition) is 1. The predicted molar refractivity (Wildman–Crippen MR) is 99.1 cm³/mol. The molecule has 27 heavy (non-hydrogen) atoms. The topological polar surface area (TPSA) is 60.9 Å². The minimum absolute atomic E-state index is 0.0113. The maximum absolute atomic E-state index is 14.2. The second-order valence-electron chi connectivity index (χ2n) is 6.95. The van der Waals surface area contributed by atoms with Gasteiger partial charge in [0.05, 0.1) is 24.3 Å². The van der Waals surface area contributed by atoms with Crippen molar-refractivity contribution in [2.75, 3.05) is 18.1 Å². The van der Waals surface area contributed by atoms with E-state index < -0.39 is 11.7 Å². The molecular weight excluding hydrogens is 347 g/mol. The number of nitrogens with zero attached hydrogens (tertiary/aromatic N) is 2. The molecule has 0 radical (unpaired) electrons. The van der Waals surface area contributed by atoms with Crippen molar-refractivity contribution >= 4 is 17.5 Å². The summed E-state index contributed by atoms with van der Waals surface area (Å²) in [6.07, 6.45) is 0.336. The van der Waals surface area contributed by atoms with Gasteiger partial charge in [0.2, 0.25) is 5.91 Å². The second kappa shape index (κ2) is 6.78. The number of halogens is 1. The van der Waals surface area contributed by atoms with Crippen molar-refractivity contribution in [1.29, 1.82) is 0 Å². The summed E-state index contributed by atoms with van der Waals surface area (Å²) >= 11 is 0. The Hall–Kier alpha value is -2.73. The molecule has 2 aromatic carbocycles. The maximum Gasteiger partial charge on any atom is 0.261 e. The molecule has 2 aliphatic rings. The van der Waals surface area contributed by atoms with Crippen molar-refractivity contribution in [3.8, 4) is 0 Å². The molecule has 2 aromatic rings. The zero-order valence-corrected chi connectivity index (χ0v) is 15.0. The zero-order chi connectivity index (χ0) is 19.1. The molecule has 0 aromatic heterocycles. The number of benzene rings is 2. The number of rotatable bonds is 3. The Balaban J connectivity index is 1.76. The Morgan fingerprint density at radius 3 is 2.56 bits per heavy atom. The molecule has 1 saturated heterocycles. The van der Waals surface area contributed by atoms with Crippen LogP contribution in [-0.4, -0.2) is 47.1 Å². The van der Waals surface area contributed by atoms with E-state index in [2.05, 4.69) is 0 Å².